The first kappa shape index (κ1) is 20.7. The molecule has 8 heteroatoms. The lowest BCUT2D eigenvalue weighted by Gasteiger charge is -2.08. The van der Waals surface area contributed by atoms with Gasteiger partial charge in [-0.15, -0.1) is 0 Å². The summed E-state index contributed by atoms with van der Waals surface area (Å²) in [4.78, 5) is 35.2. The van der Waals surface area contributed by atoms with Crippen LogP contribution in [0.3, 0.4) is 0 Å². The van der Waals surface area contributed by atoms with Crippen LogP contribution in [0.25, 0.3) is 0 Å². The molecule has 27 heavy (non-hydrogen) atoms. The number of carbonyl (C=O) groups is 3. The SMILES string of the molecule is O=C(COC(=O)CCNC(=O)c1ccc(Cl)cc1)NCc1cccc(Cl)c1. The van der Waals surface area contributed by atoms with E-state index in [9.17, 15) is 14.4 Å². The summed E-state index contributed by atoms with van der Waals surface area (Å²) >= 11 is 11.6. The van der Waals surface area contributed by atoms with E-state index in [-0.39, 0.29) is 32.0 Å². The molecule has 0 unspecified atom stereocenters. The summed E-state index contributed by atoms with van der Waals surface area (Å²) < 4.78 is 4.87. The molecule has 2 aromatic carbocycles. The molecule has 6 nitrogen and oxygen atoms in total. The molecule has 2 aromatic rings. The molecule has 0 atom stereocenters. The lowest BCUT2D eigenvalue weighted by Crippen LogP contribution is -2.30. The Kier molecular flexibility index (Phi) is 8.10. The second kappa shape index (κ2) is 10.5. The molecule has 2 amide bonds. The molecule has 0 aromatic heterocycles. The normalized spacial score (nSPS) is 10.1. The number of nitrogens with one attached hydrogen (secondary N) is 2. The lowest BCUT2D eigenvalue weighted by atomic mass is 10.2. The largest absolute Gasteiger partial charge is 0.456 e. The number of ether oxygens (including phenoxy) is 1. The van der Waals surface area contributed by atoms with Gasteiger partial charge in [0.2, 0.25) is 0 Å². The number of rotatable bonds is 8. The van der Waals surface area contributed by atoms with E-state index < -0.39 is 11.9 Å². The number of halogens is 2. The van der Waals surface area contributed by atoms with Crippen LogP contribution in [0.15, 0.2) is 48.5 Å². The molecular weight excluding hydrogens is 391 g/mol. The van der Waals surface area contributed by atoms with Gasteiger partial charge in [-0.25, -0.2) is 0 Å². The van der Waals surface area contributed by atoms with Gasteiger partial charge in [-0.3, -0.25) is 14.4 Å². The second-order valence-electron chi connectivity index (χ2n) is 5.58. The van der Waals surface area contributed by atoms with Crippen molar-refractivity contribution in [2.45, 2.75) is 13.0 Å². The van der Waals surface area contributed by atoms with Crippen molar-refractivity contribution >= 4 is 41.0 Å². The smallest absolute Gasteiger partial charge is 0.308 e. The first-order valence-electron chi connectivity index (χ1n) is 8.14. The predicted octanol–water partition coefficient (Wildman–Crippen LogP) is 2.97. The molecular formula is C19H18Cl2N2O4. The number of esters is 1. The molecule has 0 spiro atoms. The zero-order valence-corrected chi connectivity index (χ0v) is 15.8. The molecule has 2 rings (SSSR count). The van der Waals surface area contributed by atoms with Crippen LogP contribution in [0.2, 0.25) is 10.0 Å². The van der Waals surface area contributed by atoms with E-state index in [2.05, 4.69) is 10.6 Å². The van der Waals surface area contributed by atoms with E-state index in [4.69, 9.17) is 27.9 Å². The Morgan fingerprint density at radius 1 is 0.926 bits per heavy atom. The van der Waals surface area contributed by atoms with Crippen LogP contribution in [0, 0.1) is 0 Å². The van der Waals surface area contributed by atoms with Gasteiger partial charge < -0.3 is 15.4 Å². The average molecular weight is 409 g/mol. The first-order valence-corrected chi connectivity index (χ1v) is 8.90. The number of carbonyl (C=O) groups excluding carboxylic acids is 3. The summed E-state index contributed by atoms with van der Waals surface area (Å²) in [5.74, 6) is -1.32. The topological polar surface area (TPSA) is 84.5 Å². The maximum absolute atomic E-state index is 11.9. The molecule has 0 aliphatic carbocycles. The minimum Gasteiger partial charge on any atom is -0.456 e. The number of benzene rings is 2. The third kappa shape index (κ3) is 7.68. The third-order valence-electron chi connectivity index (χ3n) is 3.46. The fourth-order valence-corrected chi connectivity index (χ4v) is 2.44. The Balaban J connectivity index is 1.62. The van der Waals surface area contributed by atoms with E-state index >= 15 is 0 Å². The average Bonchev–Trinajstić information content (AvgIpc) is 2.65. The monoisotopic (exact) mass is 408 g/mol. The number of hydrogen-bond acceptors (Lipinski definition) is 4. The van der Waals surface area contributed by atoms with E-state index in [1.54, 1.807) is 42.5 Å². The van der Waals surface area contributed by atoms with Crippen LogP contribution in [0.5, 0.6) is 0 Å². The maximum atomic E-state index is 11.9. The van der Waals surface area contributed by atoms with Crippen LogP contribution in [0.1, 0.15) is 22.3 Å². The number of amides is 2. The van der Waals surface area contributed by atoms with Gasteiger partial charge in [0.15, 0.2) is 6.61 Å². The van der Waals surface area contributed by atoms with Crippen molar-refractivity contribution in [1.82, 2.24) is 10.6 Å². The molecule has 0 bridgehead atoms. The van der Waals surface area contributed by atoms with Gasteiger partial charge in [0.25, 0.3) is 11.8 Å². The summed E-state index contributed by atoms with van der Waals surface area (Å²) in [5.41, 5.74) is 1.28. The molecule has 0 fully saturated rings. The van der Waals surface area contributed by atoms with Crippen molar-refractivity contribution in [2.24, 2.45) is 0 Å². The van der Waals surface area contributed by atoms with Crippen molar-refractivity contribution < 1.29 is 19.1 Å². The first-order chi connectivity index (χ1) is 12.9. The Bertz CT molecular complexity index is 810. The second-order valence-corrected chi connectivity index (χ2v) is 6.45. The van der Waals surface area contributed by atoms with Gasteiger partial charge in [-0.05, 0) is 42.0 Å². The fourth-order valence-electron chi connectivity index (χ4n) is 2.10. The van der Waals surface area contributed by atoms with E-state index in [0.29, 0.717) is 15.6 Å². The predicted molar refractivity (Wildman–Crippen MR) is 103 cm³/mol. The van der Waals surface area contributed by atoms with Gasteiger partial charge >= 0.3 is 5.97 Å². The minimum absolute atomic E-state index is 0.0408. The van der Waals surface area contributed by atoms with Crippen molar-refractivity contribution in [3.8, 4) is 0 Å². The Hall–Kier alpha value is -2.57. The lowest BCUT2D eigenvalue weighted by molar-refractivity contribution is -0.148. The van der Waals surface area contributed by atoms with Crippen LogP contribution in [-0.2, 0) is 20.9 Å². The standard InChI is InChI=1S/C19H18Cl2N2O4/c20-15-6-4-14(5-7-15)19(26)22-9-8-18(25)27-12-17(24)23-11-13-2-1-3-16(21)10-13/h1-7,10H,8-9,11-12H2,(H,22,26)(H,23,24). The highest BCUT2D eigenvalue weighted by molar-refractivity contribution is 6.30. The maximum Gasteiger partial charge on any atom is 0.308 e. The minimum atomic E-state index is -0.579. The molecule has 0 radical (unpaired) electrons. The molecule has 0 aliphatic heterocycles. The van der Waals surface area contributed by atoms with Crippen LogP contribution < -0.4 is 10.6 Å². The van der Waals surface area contributed by atoms with Gasteiger partial charge in [-0.1, -0.05) is 35.3 Å². The number of hydrogen-bond donors (Lipinski definition) is 2. The van der Waals surface area contributed by atoms with Crippen LogP contribution >= 0.6 is 23.2 Å². The zero-order chi connectivity index (χ0) is 19.6. The molecule has 2 N–H and O–H groups in total. The van der Waals surface area contributed by atoms with Crippen molar-refractivity contribution in [3.63, 3.8) is 0 Å². The summed E-state index contributed by atoms with van der Waals surface area (Å²) in [6.07, 6.45) is -0.0408. The van der Waals surface area contributed by atoms with Crippen molar-refractivity contribution in [2.75, 3.05) is 13.2 Å². The Labute approximate surface area is 166 Å². The Morgan fingerprint density at radius 2 is 1.67 bits per heavy atom. The summed E-state index contributed by atoms with van der Waals surface area (Å²) in [6.45, 7) is 0.00303. The van der Waals surface area contributed by atoms with Crippen molar-refractivity contribution in [1.29, 1.82) is 0 Å². The molecule has 0 heterocycles. The molecule has 142 valence electrons. The zero-order valence-electron chi connectivity index (χ0n) is 14.3. The van der Waals surface area contributed by atoms with E-state index in [1.807, 2.05) is 6.07 Å². The highest BCUT2D eigenvalue weighted by Gasteiger charge is 2.09. The van der Waals surface area contributed by atoms with Gasteiger partial charge in [-0.2, -0.15) is 0 Å². The van der Waals surface area contributed by atoms with E-state index in [1.165, 1.54) is 0 Å². The quantitative estimate of drug-likeness (QED) is 0.657. The van der Waals surface area contributed by atoms with Gasteiger partial charge in [0.05, 0.1) is 6.42 Å². The summed E-state index contributed by atoms with van der Waals surface area (Å²) in [7, 11) is 0. The molecule has 0 saturated carbocycles. The summed E-state index contributed by atoms with van der Waals surface area (Å²) in [5, 5.41) is 6.33. The third-order valence-corrected chi connectivity index (χ3v) is 3.95. The van der Waals surface area contributed by atoms with Crippen molar-refractivity contribution in [3.05, 3.63) is 69.7 Å². The summed E-state index contributed by atoms with van der Waals surface area (Å²) in [6, 6.07) is 13.4. The van der Waals surface area contributed by atoms with Crippen LogP contribution in [0.4, 0.5) is 0 Å². The highest BCUT2D eigenvalue weighted by atomic mass is 35.5. The van der Waals surface area contributed by atoms with Gasteiger partial charge in [0, 0.05) is 28.7 Å². The highest BCUT2D eigenvalue weighted by Crippen LogP contribution is 2.10. The fraction of sp³-hybridized carbons (Fsp3) is 0.211. The Morgan fingerprint density at radius 3 is 2.37 bits per heavy atom. The van der Waals surface area contributed by atoms with Gasteiger partial charge in [0.1, 0.15) is 0 Å². The van der Waals surface area contributed by atoms with Crippen LogP contribution in [-0.4, -0.2) is 30.9 Å². The molecule has 0 aliphatic rings. The van der Waals surface area contributed by atoms with E-state index in [0.717, 1.165) is 5.56 Å². The molecule has 0 saturated heterocycles.